The van der Waals surface area contributed by atoms with Gasteiger partial charge in [0, 0.05) is 19.6 Å². The summed E-state index contributed by atoms with van der Waals surface area (Å²) in [7, 11) is 0. The van der Waals surface area contributed by atoms with Gasteiger partial charge < -0.3 is 14.8 Å². The van der Waals surface area contributed by atoms with Gasteiger partial charge in [-0.05, 0) is 36.6 Å². The third kappa shape index (κ3) is 5.31. The number of carbonyl (C=O) groups excluding carboxylic acids is 1. The van der Waals surface area contributed by atoms with Crippen LogP contribution in [0.2, 0.25) is 0 Å². The summed E-state index contributed by atoms with van der Waals surface area (Å²) in [5.74, 6) is 0.656. The Morgan fingerprint density at radius 2 is 1.85 bits per heavy atom. The highest BCUT2D eigenvalue weighted by Crippen LogP contribution is 2.22. The van der Waals surface area contributed by atoms with Crippen molar-refractivity contribution in [2.45, 2.75) is 19.9 Å². The largest absolute Gasteiger partial charge is 0.483 e. The summed E-state index contributed by atoms with van der Waals surface area (Å²) in [6.45, 7) is 7.82. The molecule has 0 aromatic heterocycles. The van der Waals surface area contributed by atoms with E-state index in [1.165, 1.54) is 5.56 Å². The molecule has 144 valence electrons. The summed E-state index contributed by atoms with van der Waals surface area (Å²) in [6, 6.07) is 16.3. The quantitative estimate of drug-likeness (QED) is 0.817. The molecule has 0 aliphatic carbocycles. The molecule has 1 heterocycles. The van der Waals surface area contributed by atoms with E-state index >= 15 is 0 Å². The Bertz CT molecular complexity index is 742. The lowest BCUT2D eigenvalue weighted by molar-refractivity contribution is -0.123. The van der Waals surface area contributed by atoms with E-state index in [2.05, 4.69) is 22.3 Å². The Kier molecular flexibility index (Phi) is 6.85. The van der Waals surface area contributed by atoms with Crippen LogP contribution in [0.5, 0.6) is 5.75 Å². The topological polar surface area (TPSA) is 50.8 Å². The average molecular weight is 368 g/mol. The first-order valence-corrected chi connectivity index (χ1v) is 9.47. The van der Waals surface area contributed by atoms with Crippen LogP contribution in [0.25, 0.3) is 0 Å². The number of hydrogen-bond donors (Lipinski definition) is 1. The second kappa shape index (κ2) is 9.53. The van der Waals surface area contributed by atoms with Crippen LogP contribution in [0.1, 0.15) is 22.7 Å². The number of hydrogen-bond acceptors (Lipinski definition) is 4. The van der Waals surface area contributed by atoms with Crippen molar-refractivity contribution in [1.29, 1.82) is 0 Å². The van der Waals surface area contributed by atoms with Gasteiger partial charge in [-0.15, -0.1) is 0 Å². The van der Waals surface area contributed by atoms with Gasteiger partial charge in [-0.3, -0.25) is 9.69 Å². The molecule has 0 saturated carbocycles. The monoisotopic (exact) mass is 368 g/mol. The highest BCUT2D eigenvalue weighted by molar-refractivity contribution is 5.77. The normalized spacial score (nSPS) is 15.9. The fourth-order valence-corrected chi connectivity index (χ4v) is 3.31. The van der Waals surface area contributed by atoms with Crippen LogP contribution in [0, 0.1) is 13.8 Å². The van der Waals surface area contributed by atoms with Crippen molar-refractivity contribution in [1.82, 2.24) is 10.2 Å². The summed E-state index contributed by atoms with van der Waals surface area (Å²) < 4.78 is 11.2. The Morgan fingerprint density at radius 1 is 1.11 bits per heavy atom. The molecule has 2 aromatic rings. The zero-order valence-electron chi connectivity index (χ0n) is 16.1. The van der Waals surface area contributed by atoms with E-state index in [1.807, 2.05) is 50.2 Å². The van der Waals surface area contributed by atoms with Crippen LogP contribution in [0.3, 0.4) is 0 Å². The minimum Gasteiger partial charge on any atom is -0.483 e. The summed E-state index contributed by atoms with van der Waals surface area (Å²) >= 11 is 0. The van der Waals surface area contributed by atoms with Crippen LogP contribution in [-0.4, -0.2) is 50.3 Å². The number of nitrogens with one attached hydrogen (secondary N) is 1. The van der Waals surface area contributed by atoms with Crippen molar-refractivity contribution >= 4 is 5.91 Å². The molecule has 0 spiro atoms. The predicted molar refractivity (Wildman–Crippen MR) is 106 cm³/mol. The maximum atomic E-state index is 12.4. The fourth-order valence-electron chi connectivity index (χ4n) is 3.31. The first-order valence-electron chi connectivity index (χ1n) is 9.47. The van der Waals surface area contributed by atoms with E-state index in [1.54, 1.807) is 0 Å². The Morgan fingerprint density at radius 3 is 2.59 bits per heavy atom. The molecule has 1 aliphatic heterocycles. The molecule has 1 N–H and O–H groups in total. The van der Waals surface area contributed by atoms with E-state index in [4.69, 9.17) is 9.47 Å². The third-order valence-electron chi connectivity index (χ3n) is 5.08. The van der Waals surface area contributed by atoms with Gasteiger partial charge in [0.05, 0.1) is 19.3 Å². The van der Waals surface area contributed by atoms with Gasteiger partial charge in [0.15, 0.2) is 6.61 Å². The van der Waals surface area contributed by atoms with E-state index in [0.717, 1.165) is 43.2 Å². The molecule has 0 bridgehead atoms. The average Bonchev–Trinajstić information content (AvgIpc) is 2.71. The Balaban J connectivity index is 1.57. The van der Waals surface area contributed by atoms with Crippen LogP contribution in [-0.2, 0) is 9.53 Å². The Labute approximate surface area is 161 Å². The van der Waals surface area contributed by atoms with Crippen molar-refractivity contribution in [2.24, 2.45) is 0 Å². The number of rotatable bonds is 7. The van der Waals surface area contributed by atoms with Gasteiger partial charge in [-0.25, -0.2) is 0 Å². The molecule has 1 saturated heterocycles. The van der Waals surface area contributed by atoms with Crippen LogP contribution in [0.15, 0.2) is 48.5 Å². The van der Waals surface area contributed by atoms with Crippen molar-refractivity contribution in [3.8, 4) is 5.75 Å². The molecular weight excluding hydrogens is 340 g/mol. The maximum absolute atomic E-state index is 12.4. The maximum Gasteiger partial charge on any atom is 0.258 e. The summed E-state index contributed by atoms with van der Waals surface area (Å²) in [4.78, 5) is 14.7. The number of benzene rings is 2. The second-order valence-corrected chi connectivity index (χ2v) is 6.87. The highest BCUT2D eigenvalue weighted by Gasteiger charge is 2.23. The SMILES string of the molecule is Cc1cccc(OCC(=O)NC[C@H](c2ccccc2)N2CCOCC2)c1C. The number of ether oxygens (including phenoxy) is 2. The molecule has 0 radical (unpaired) electrons. The van der Waals surface area contributed by atoms with Gasteiger partial charge in [0.2, 0.25) is 0 Å². The predicted octanol–water partition coefficient (Wildman–Crippen LogP) is 2.87. The molecule has 1 aliphatic rings. The van der Waals surface area contributed by atoms with Gasteiger partial charge in [0.25, 0.3) is 5.91 Å². The minimum atomic E-state index is -0.106. The second-order valence-electron chi connectivity index (χ2n) is 6.87. The van der Waals surface area contributed by atoms with Gasteiger partial charge in [-0.1, -0.05) is 42.5 Å². The molecule has 1 fully saturated rings. The van der Waals surface area contributed by atoms with Crippen molar-refractivity contribution < 1.29 is 14.3 Å². The third-order valence-corrected chi connectivity index (χ3v) is 5.08. The molecule has 27 heavy (non-hydrogen) atoms. The van der Waals surface area contributed by atoms with Crippen LogP contribution >= 0.6 is 0 Å². The van der Waals surface area contributed by atoms with E-state index in [0.29, 0.717) is 6.54 Å². The summed E-state index contributed by atoms with van der Waals surface area (Å²) in [5.41, 5.74) is 3.43. The molecule has 2 aromatic carbocycles. The highest BCUT2D eigenvalue weighted by atomic mass is 16.5. The summed E-state index contributed by atoms with van der Waals surface area (Å²) in [5, 5.41) is 3.04. The number of morpholine rings is 1. The molecule has 1 atom stereocenters. The molecule has 5 heteroatoms. The lowest BCUT2D eigenvalue weighted by Gasteiger charge is -2.34. The number of carbonyl (C=O) groups is 1. The first kappa shape index (κ1) is 19.4. The summed E-state index contributed by atoms with van der Waals surface area (Å²) in [6.07, 6.45) is 0. The molecule has 1 amide bonds. The minimum absolute atomic E-state index is 0.0227. The molecule has 0 unspecified atom stereocenters. The number of aryl methyl sites for hydroxylation is 1. The molecule has 5 nitrogen and oxygen atoms in total. The van der Waals surface area contributed by atoms with E-state index in [9.17, 15) is 4.79 Å². The first-order chi connectivity index (χ1) is 13.1. The van der Waals surface area contributed by atoms with E-state index in [-0.39, 0.29) is 18.6 Å². The van der Waals surface area contributed by atoms with Crippen molar-refractivity contribution in [3.63, 3.8) is 0 Å². The zero-order valence-corrected chi connectivity index (χ0v) is 16.1. The van der Waals surface area contributed by atoms with Crippen LogP contribution < -0.4 is 10.1 Å². The standard InChI is InChI=1S/C22H28N2O3/c1-17-7-6-10-21(18(17)2)27-16-22(25)23-15-20(19-8-4-3-5-9-19)24-11-13-26-14-12-24/h3-10,20H,11-16H2,1-2H3,(H,23,25)/t20-/m1/s1. The smallest absolute Gasteiger partial charge is 0.258 e. The van der Waals surface area contributed by atoms with Gasteiger partial charge >= 0.3 is 0 Å². The van der Waals surface area contributed by atoms with Crippen LogP contribution in [0.4, 0.5) is 0 Å². The number of amides is 1. The van der Waals surface area contributed by atoms with Gasteiger partial charge in [-0.2, -0.15) is 0 Å². The Hall–Kier alpha value is -2.37. The lowest BCUT2D eigenvalue weighted by Crippen LogP contribution is -2.44. The molecular formula is C22H28N2O3. The fraction of sp³-hybridized carbons (Fsp3) is 0.409. The molecule has 3 rings (SSSR count). The van der Waals surface area contributed by atoms with Crippen molar-refractivity contribution in [3.05, 3.63) is 65.2 Å². The van der Waals surface area contributed by atoms with Gasteiger partial charge in [0.1, 0.15) is 5.75 Å². The van der Waals surface area contributed by atoms with Crippen molar-refractivity contribution in [2.75, 3.05) is 39.5 Å². The number of nitrogens with zero attached hydrogens (tertiary/aromatic N) is 1. The lowest BCUT2D eigenvalue weighted by atomic mass is 10.0. The van der Waals surface area contributed by atoms with E-state index < -0.39 is 0 Å². The zero-order chi connectivity index (χ0) is 19.1.